The first-order valence-electron chi connectivity index (χ1n) is 4.06. The summed E-state index contributed by atoms with van der Waals surface area (Å²) in [6.45, 7) is 3.21. The van der Waals surface area contributed by atoms with E-state index in [2.05, 4.69) is 17.8 Å². The lowest BCUT2D eigenvalue weighted by molar-refractivity contribution is 0.870. The Balaban J connectivity index is 0. The molecule has 68 valence electrons. The summed E-state index contributed by atoms with van der Waals surface area (Å²) in [6.07, 6.45) is 7.51. The first kappa shape index (κ1) is 13.6. The second kappa shape index (κ2) is 16.6. The van der Waals surface area contributed by atoms with Gasteiger partial charge in [0.15, 0.2) is 0 Å². The maximum atomic E-state index is 5.12. The highest BCUT2D eigenvalue weighted by atomic mass is 14.5. The van der Waals surface area contributed by atoms with Gasteiger partial charge in [-0.25, -0.2) is 0 Å². The van der Waals surface area contributed by atoms with E-state index < -0.39 is 0 Å². The van der Waals surface area contributed by atoms with Gasteiger partial charge in [0.05, 0.1) is 0 Å². The van der Waals surface area contributed by atoms with Crippen LogP contribution in [0, 0.1) is 24.2 Å². The second-order valence-corrected chi connectivity index (χ2v) is 2.06. The predicted molar refractivity (Wildman–Crippen MR) is 54.2 cm³/mol. The molecule has 0 aliphatic carbocycles. The standard InChI is InChI=1S/2C5H9N/c2*1-2-3-4-5-6/h4-6H2,1H3;1H,3-6H2. The average Bonchev–Trinajstić information content (AvgIpc) is 2.12. The summed E-state index contributed by atoms with van der Waals surface area (Å²) < 4.78 is 0. The molecular weight excluding hydrogens is 148 g/mol. The fourth-order valence-corrected chi connectivity index (χ4v) is 0.401. The summed E-state index contributed by atoms with van der Waals surface area (Å²) in [7, 11) is 0. The first-order chi connectivity index (χ1) is 5.83. The summed E-state index contributed by atoms with van der Waals surface area (Å²) in [5.41, 5.74) is 10.2. The lowest BCUT2D eigenvalue weighted by atomic mass is 10.3. The maximum Gasteiger partial charge on any atom is 0.0212 e. The van der Waals surface area contributed by atoms with Crippen molar-refractivity contribution in [2.75, 3.05) is 13.1 Å². The minimum absolute atomic E-state index is 0.681. The number of unbranched alkanes of at least 4 members (excludes halogenated alkanes) is 1. The van der Waals surface area contributed by atoms with Crippen LogP contribution >= 0.6 is 0 Å². The van der Waals surface area contributed by atoms with Crippen LogP contribution in [0.15, 0.2) is 0 Å². The van der Waals surface area contributed by atoms with Crippen LogP contribution < -0.4 is 11.5 Å². The molecule has 2 heteroatoms. The van der Waals surface area contributed by atoms with Crippen LogP contribution in [0.2, 0.25) is 0 Å². The zero-order valence-electron chi connectivity index (χ0n) is 7.77. The van der Waals surface area contributed by atoms with Crippen molar-refractivity contribution in [3.8, 4) is 24.2 Å². The molecule has 0 unspecified atom stereocenters. The van der Waals surface area contributed by atoms with Crippen molar-refractivity contribution in [3.63, 3.8) is 0 Å². The first-order valence-corrected chi connectivity index (χ1v) is 4.06. The summed E-state index contributed by atoms with van der Waals surface area (Å²) in [6, 6.07) is 0. The van der Waals surface area contributed by atoms with Crippen LogP contribution in [0.1, 0.15) is 26.2 Å². The minimum Gasteiger partial charge on any atom is -0.330 e. The van der Waals surface area contributed by atoms with Crippen molar-refractivity contribution in [2.45, 2.75) is 26.2 Å². The van der Waals surface area contributed by atoms with Gasteiger partial charge in [0.2, 0.25) is 0 Å². The Kier molecular flexibility index (Phi) is 18.8. The van der Waals surface area contributed by atoms with Crippen LogP contribution in [0.4, 0.5) is 0 Å². The van der Waals surface area contributed by atoms with Gasteiger partial charge in [0, 0.05) is 19.4 Å². The van der Waals surface area contributed by atoms with Gasteiger partial charge in [-0.1, -0.05) is 0 Å². The Morgan fingerprint density at radius 1 is 1.17 bits per heavy atom. The van der Waals surface area contributed by atoms with Gasteiger partial charge < -0.3 is 11.5 Å². The number of hydrogen-bond donors (Lipinski definition) is 2. The molecule has 0 heterocycles. The van der Waals surface area contributed by atoms with Crippen molar-refractivity contribution in [1.82, 2.24) is 0 Å². The van der Waals surface area contributed by atoms with Crippen LogP contribution in [0.25, 0.3) is 0 Å². The smallest absolute Gasteiger partial charge is 0.0212 e. The van der Waals surface area contributed by atoms with Crippen molar-refractivity contribution >= 4 is 0 Å². The minimum atomic E-state index is 0.681. The van der Waals surface area contributed by atoms with E-state index >= 15 is 0 Å². The zero-order chi connectivity index (χ0) is 9.66. The fraction of sp³-hybridized carbons (Fsp3) is 0.600. The summed E-state index contributed by atoms with van der Waals surface area (Å²) >= 11 is 0. The third-order valence-electron chi connectivity index (χ3n) is 0.971. The molecule has 0 bridgehead atoms. The highest BCUT2D eigenvalue weighted by molar-refractivity contribution is 4.94. The molecule has 0 radical (unpaired) electrons. The van der Waals surface area contributed by atoms with Crippen molar-refractivity contribution < 1.29 is 0 Å². The fourth-order valence-electron chi connectivity index (χ4n) is 0.401. The van der Waals surface area contributed by atoms with Gasteiger partial charge in [-0.3, -0.25) is 0 Å². The normalized spacial score (nSPS) is 6.83. The number of nitrogens with two attached hydrogens (primary N) is 2. The molecule has 0 amide bonds. The van der Waals surface area contributed by atoms with E-state index in [-0.39, 0.29) is 0 Å². The van der Waals surface area contributed by atoms with Crippen LogP contribution in [0.5, 0.6) is 0 Å². The molecule has 0 saturated heterocycles. The SMILES string of the molecule is C#CCCCN.CC#CCCN. The van der Waals surface area contributed by atoms with Gasteiger partial charge in [0.1, 0.15) is 0 Å². The predicted octanol–water partition coefficient (Wildman–Crippen LogP) is 0.717. The van der Waals surface area contributed by atoms with Crippen molar-refractivity contribution in [1.29, 1.82) is 0 Å². The molecule has 0 aromatic carbocycles. The van der Waals surface area contributed by atoms with E-state index in [0.717, 1.165) is 19.3 Å². The van der Waals surface area contributed by atoms with Crippen LogP contribution in [-0.2, 0) is 0 Å². The summed E-state index contributed by atoms with van der Waals surface area (Å²) in [5, 5.41) is 0. The molecule has 2 nitrogen and oxygen atoms in total. The molecule has 0 spiro atoms. The Hall–Kier alpha value is -0.960. The highest BCUT2D eigenvalue weighted by Gasteiger charge is 1.71. The molecule has 0 aliphatic heterocycles. The van der Waals surface area contributed by atoms with E-state index in [1.807, 2.05) is 6.92 Å². The highest BCUT2D eigenvalue weighted by Crippen LogP contribution is 1.77. The van der Waals surface area contributed by atoms with E-state index in [0.29, 0.717) is 13.1 Å². The second-order valence-electron chi connectivity index (χ2n) is 2.06. The van der Waals surface area contributed by atoms with E-state index in [1.54, 1.807) is 0 Å². The third kappa shape index (κ3) is 23.0. The molecule has 0 aromatic rings. The lowest BCUT2D eigenvalue weighted by Crippen LogP contribution is -1.96. The van der Waals surface area contributed by atoms with Crippen molar-refractivity contribution in [3.05, 3.63) is 0 Å². The molecule has 0 rings (SSSR count). The van der Waals surface area contributed by atoms with Gasteiger partial charge in [-0.2, -0.15) is 0 Å². The number of terminal acetylenes is 1. The van der Waals surface area contributed by atoms with E-state index in [9.17, 15) is 0 Å². The van der Waals surface area contributed by atoms with E-state index in [1.165, 1.54) is 0 Å². The topological polar surface area (TPSA) is 52.0 Å². The van der Waals surface area contributed by atoms with Crippen molar-refractivity contribution in [2.24, 2.45) is 11.5 Å². The number of rotatable bonds is 3. The quantitative estimate of drug-likeness (QED) is 0.479. The molecule has 0 saturated carbocycles. The van der Waals surface area contributed by atoms with Gasteiger partial charge in [-0.15, -0.1) is 24.2 Å². The molecule has 0 fully saturated rings. The summed E-state index contributed by atoms with van der Waals surface area (Å²) in [4.78, 5) is 0. The molecule has 12 heavy (non-hydrogen) atoms. The van der Waals surface area contributed by atoms with Gasteiger partial charge in [0.25, 0.3) is 0 Å². The zero-order valence-corrected chi connectivity index (χ0v) is 7.77. The monoisotopic (exact) mass is 166 g/mol. The Morgan fingerprint density at radius 3 is 2.00 bits per heavy atom. The van der Waals surface area contributed by atoms with Gasteiger partial charge >= 0.3 is 0 Å². The maximum absolute atomic E-state index is 5.12. The molecule has 0 aliphatic rings. The average molecular weight is 166 g/mol. The number of hydrogen-bond acceptors (Lipinski definition) is 2. The largest absolute Gasteiger partial charge is 0.330 e. The van der Waals surface area contributed by atoms with Gasteiger partial charge in [-0.05, 0) is 19.9 Å². The third-order valence-corrected chi connectivity index (χ3v) is 0.971. The lowest BCUT2D eigenvalue weighted by Gasteiger charge is -1.80. The summed E-state index contributed by atoms with van der Waals surface area (Å²) in [5.74, 6) is 8.05. The Labute approximate surface area is 75.7 Å². The molecule has 4 N–H and O–H groups in total. The molecular formula is C10H18N2. The molecule has 0 atom stereocenters. The van der Waals surface area contributed by atoms with Crippen LogP contribution in [0.3, 0.4) is 0 Å². The van der Waals surface area contributed by atoms with Crippen LogP contribution in [-0.4, -0.2) is 13.1 Å². The Morgan fingerprint density at radius 2 is 1.83 bits per heavy atom. The molecule has 0 aromatic heterocycles. The Bertz CT molecular complexity index is 157. The van der Waals surface area contributed by atoms with E-state index in [4.69, 9.17) is 17.9 Å².